The van der Waals surface area contributed by atoms with Gasteiger partial charge in [-0.3, -0.25) is 0 Å². The second-order valence-corrected chi connectivity index (χ2v) is 3.25. The Bertz CT molecular complexity index is 219. The molecule has 1 radical (unpaired) electrons. The fraction of sp³-hybridized carbons (Fsp3) is 0. The van der Waals surface area contributed by atoms with Crippen LogP contribution in [0.1, 0.15) is 2.85 Å². The van der Waals surface area contributed by atoms with Gasteiger partial charge in [-0.15, -0.1) is 0 Å². The van der Waals surface area contributed by atoms with Gasteiger partial charge in [-0.1, -0.05) is 0 Å². The largest absolute Gasteiger partial charge is 0 e. The molecule has 15 heavy (non-hydrogen) atoms. The average molecular weight is 444 g/mol. The van der Waals surface area contributed by atoms with Crippen molar-refractivity contribution in [3.05, 3.63) is 0 Å². The van der Waals surface area contributed by atoms with E-state index >= 15 is 0 Å². The van der Waals surface area contributed by atoms with Crippen LogP contribution in [-0.2, 0) is 85.1 Å². The molecule has 15 heteroatoms. The van der Waals surface area contributed by atoms with Gasteiger partial charge in [-0.2, -0.15) is 0 Å². The first-order chi connectivity index (χ1) is 4.00. The molecule has 0 spiro atoms. The standard InChI is InChI=1S/Co.2Li.Mn.Ni.H3O4P.2H2O.2O.Zr.2H/c;;;;;1-5(2,3)4;;;;;;;/h;;;;;(H3,1,2,3,4);2*1H2;;;;;/q;2*+1;+2;;;;;;;;2*-1/p-2. The summed E-state index contributed by atoms with van der Waals surface area (Å²) in [4.78, 5) is 21.6. The number of phosphoric acid groups is 1. The SMILES string of the molecule is O=P(O)(O)O.[Co].[H-].[H-].[Li+].[Li+].[Ni].[O]=[Mn](=[O])([OH])[OH].[Zr]. The van der Waals surface area contributed by atoms with E-state index in [1.165, 1.54) is 0 Å². The first-order valence-corrected chi connectivity index (χ1v) is 5.01. The van der Waals surface area contributed by atoms with Gasteiger partial charge in [0, 0.05) is 59.5 Å². The molecule has 0 aliphatic heterocycles. The van der Waals surface area contributed by atoms with Crippen LogP contribution in [0.3, 0.4) is 0 Å². The Morgan fingerprint density at radius 1 is 1.00 bits per heavy atom. The predicted molar refractivity (Wildman–Crippen MR) is 22.3 cm³/mol. The van der Waals surface area contributed by atoms with E-state index in [2.05, 4.69) is 0 Å². The third-order valence-electron chi connectivity index (χ3n) is 0. The van der Waals surface area contributed by atoms with Gasteiger partial charge in [0.2, 0.25) is 0 Å². The van der Waals surface area contributed by atoms with Crippen molar-refractivity contribution < 1.29 is 149 Å². The molecule has 0 saturated heterocycles. The zero-order chi connectivity index (χ0) is 9.00. The summed E-state index contributed by atoms with van der Waals surface area (Å²) in [5, 5.41) is 0. The topological polar surface area (TPSA) is 152 Å². The quantitative estimate of drug-likeness (QED) is 0.183. The van der Waals surface area contributed by atoms with Crippen molar-refractivity contribution in [1.82, 2.24) is 0 Å². The molecular formula is H7CoLi2MnNiO8PZr. The molecule has 0 atom stereocenters. The molecule has 92 valence electrons. The van der Waals surface area contributed by atoms with E-state index in [1.807, 2.05) is 0 Å². The van der Waals surface area contributed by atoms with Crippen molar-refractivity contribution in [3.63, 3.8) is 0 Å². The van der Waals surface area contributed by atoms with Crippen LogP contribution in [0.5, 0.6) is 0 Å². The maximum absolute atomic E-state index is 8.88. The van der Waals surface area contributed by atoms with Crippen molar-refractivity contribution in [1.29, 1.82) is 0 Å². The molecule has 0 amide bonds. The first kappa shape index (κ1) is 42.9. The summed E-state index contributed by atoms with van der Waals surface area (Å²) in [5.41, 5.74) is 0. The van der Waals surface area contributed by atoms with Gasteiger partial charge < -0.3 is 17.5 Å². The molecule has 0 bridgehead atoms. The van der Waals surface area contributed by atoms with E-state index in [1.54, 1.807) is 0 Å². The summed E-state index contributed by atoms with van der Waals surface area (Å²) in [6.07, 6.45) is 0. The third kappa shape index (κ3) is 383. The zero-order valence-corrected chi connectivity index (χ0v) is 14.0. The molecule has 0 saturated carbocycles. The minimum Gasteiger partial charge on any atom is 0 e. The molecular weight excluding hydrogens is 437 g/mol. The van der Waals surface area contributed by atoms with E-state index in [9.17, 15) is 0 Å². The Kier molecular flexibility index (Phi) is 56.0. The van der Waals surface area contributed by atoms with Gasteiger partial charge in [-0.25, -0.2) is 4.57 Å². The van der Waals surface area contributed by atoms with Gasteiger partial charge in [0.1, 0.15) is 0 Å². The van der Waals surface area contributed by atoms with Crippen LogP contribution >= 0.6 is 7.82 Å². The summed E-state index contributed by atoms with van der Waals surface area (Å²) >= 11 is -5.12. The van der Waals surface area contributed by atoms with Crippen LogP contribution in [0.4, 0.5) is 0 Å². The van der Waals surface area contributed by atoms with Gasteiger partial charge in [0.25, 0.3) is 0 Å². The zero-order valence-electron chi connectivity index (χ0n) is 9.44. The Balaban J connectivity index is -0.00000000762. The van der Waals surface area contributed by atoms with Crippen LogP contribution in [-0.4, -0.2) is 23.1 Å². The number of hydrogen-bond donors (Lipinski definition) is 5. The smallest absolute Gasteiger partial charge is 0 e. The van der Waals surface area contributed by atoms with Crippen molar-refractivity contribution >= 4 is 7.82 Å². The molecule has 0 aromatic heterocycles. The van der Waals surface area contributed by atoms with E-state index in [0.29, 0.717) is 0 Å². The van der Waals surface area contributed by atoms with Crippen LogP contribution in [0, 0.1) is 0 Å². The molecule has 0 aliphatic carbocycles. The maximum Gasteiger partial charge on any atom is 0 e. The van der Waals surface area contributed by atoms with Crippen LogP contribution in [0.15, 0.2) is 0 Å². The average Bonchev–Trinajstić information content (AvgIpc) is 1.12. The molecule has 0 aliphatic rings. The molecule has 0 heterocycles. The van der Waals surface area contributed by atoms with Crippen molar-refractivity contribution in [2.75, 3.05) is 0 Å². The normalized spacial score (nSPS) is 7.80. The summed E-state index contributed by atoms with van der Waals surface area (Å²) in [6, 6.07) is 0. The maximum atomic E-state index is 8.88. The Morgan fingerprint density at radius 3 is 1.00 bits per heavy atom. The molecule has 0 rings (SSSR count). The van der Waals surface area contributed by atoms with Gasteiger partial charge in [-0.05, 0) is 0 Å². The molecule has 0 fully saturated rings. The summed E-state index contributed by atoms with van der Waals surface area (Å²) < 4.78 is 40.7. The number of hydrogen-bond acceptors (Lipinski definition) is 3. The van der Waals surface area contributed by atoms with Crippen LogP contribution < -0.4 is 37.7 Å². The summed E-state index contributed by atoms with van der Waals surface area (Å²) in [6.45, 7) is 0. The summed E-state index contributed by atoms with van der Waals surface area (Å²) in [5.74, 6) is 0. The van der Waals surface area contributed by atoms with Crippen molar-refractivity contribution in [2.24, 2.45) is 0 Å². The molecule has 0 unspecified atom stereocenters. The van der Waals surface area contributed by atoms with E-state index in [0.717, 1.165) is 0 Å². The van der Waals surface area contributed by atoms with Crippen LogP contribution in [0.25, 0.3) is 0 Å². The Hall–Kier alpha value is 3.23. The summed E-state index contributed by atoms with van der Waals surface area (Å²) in [7, 11) is -4.64. The molecule has 5 N–H and O–H groups in total. The fourth-order valence-corrected chi connectivity index (χ4v) is 0. The monoisotopic (exact) mass is 442 g/mol. The Labute approximate surface area is 154 Å². The van der Waals surface area contributed by atoms with Gasteiger partial charge in [0.05, 0.1) is 0 Å². The van der Waals surface area contributed by atoms with Crippen molar-refractivity contribution in [3.8, 4) is 0 Å². The van der Waals surface area contributed by atoms with E-state index < -0.39 is 21.2 Å². The Morgan fingerprint density at radius 2 is 1.00 bits per heavy atom. The minimum absolute atomic E-state index is 0. The fourth-order valence-electron chi connectivity index (χ4n) is 0. The second-order valence-electron chi connectivity index (χ2n) is 0.928. The van der Waals surface area contributed by atoms with Gasteiger partial charge in [0.15, 0.2) is 0 Å². The van der Waals surface area contributed by atoms with E-state index in [-0.39, 0.29) is 100 Å². The second kappa shape index (κ2) is 19.6. The minimum atomic E-state index is -5.12. The third-order valence-corrected chi connectivity index (χ3v) is 0. The molecule has 8 nitrogen and oxygen atoms in total. The van der Waals surface area contributed by atoms with E-state index in [4.69, 9.17) is 35.3 Å². The van der Waals surface area contributed by atoms with Crippen LogP contribution in [0.2, 0.25) is 0 Å². The number of rotatable bonds is 0. The molecule has 0 aromatic rings. The van der Waals surface area contributed by atoms with Crippen molar-refractivity contribution in [2.45, 2.75) is 0 Å². The molecule has 0 aromatic carbocycles. The first-order valence-electron chi connectivity index (χ1n) is 1.43. The predicted octanol–water partition coefficient (Wildman–Crippen LogP) is -8.06. The van der Waals surface area contributed by atoms with Gasteiger partial charge >= 0.3 is 75.0 Å².